The molecule has 0 radical (unpaired) electrons. The first-order chi connectivity index (χ1) is 10.4. The number of nitrogens with one attached hydrogen (secondary N) is 1. The number of amides is 1. The summed E-state index contributed by atoms with van der Waals surface area (Å²) in [4.78, 5) is 10.9. The molecule has 11 heteroatoms. The number of methoxy groups -OCH3 is 1. The van der Waals surface area contributed by atoms with Crippen LogP contribution in [-0.4, -0.2) is 37.3 Å². The highest BCUT2D eigenvalue weighted by atomic mass is 19.4. The summed E-state index contributed by atoms with van der Waals surface area (Å²) in [5, 5.41) is 2.91. The summed E-state index contributed by atoms with van der Waals surface area (Å²) in [6.07, 6.45) is -5.81. The van der Waals surface area contributed by atoms with Crippen LogP contribution in [0.15, 0.2) is 29.4 Å². The molecule has 0 fully saturated rings. The summed E-state index contributed by atoms with van der Waals surface area (Å²) in [5.41, 5.74) is 1.19. The van der Waals surface area contributed by atoms with Gasteiger partial charge in [0.1, 0.15) is 5.75 Å². The molecule has 0 bridgehead atoms. The monoisotopic (exact) mass is 346 g/mol. The zero-order chi connectivity index (χ0) is 17.9. The van der Waals surface area contributed by atoms with Crippen LogP contribution >= 0.6 is 0 Å². The molecule has 23 heavy (non-hydrogen) atoms. The minimum atomic E-state index is -6.59. The Hall–Kier alpha value is -2.33. The van der Waals surface area contributed by atoms with Gasteiger partial charge in [-0.05, 0) is 29.8 Å². The molecule has 0 saturated carbocycles. The van der Waals surface area contributed by atoms with E-state index in [2.05, 4.69) is 5.10 Å². The van der Waals surface area contributed by atoms with E-state index >= 15 is 0 Å². The summed E-state index contributed by atoms with van der Waals surface area (Å²) in [6, 6.07) is 5.62. The van der Waals surface area contributed by atoms with Crippen molar-refractivity contribution in [1.82, 2.24) is 5.43 Å². The van der Waals surface area contributed by atoms with Gasteiger partial charge in [0.25, 0.3) is 0 Å². The Morgan fingerprint density at radius 3 is 2.04 bits per heavy atom. The summed E-state index contributed by atoms with van der Waals surface area (Å²) in [7, 11) is 1.38. The Labute approximate surface area is 124 Å². The molecule has 0 atom stereocenters. The molecule has 4 nitrogen and oxygen atoms in total. The Bertz CT molecular complexity index is 582. The van der Waals surface area contributed by atoms with Gasteiger partial charge in [0.05, 0.1) is 13.3 Å². The highest BCUT2D eigenvalue weighted by Crippen LogP contribution is 2.46. The van der Waals surface area contributed by atoms with Gasteiger partial charge in [-0.1, -0.05) is 0 Å². The molecule has 0 saturated heterocycles. The van der Waals surface area contributed by atoms with Gasteiger partial charge in [-0.25, -0.2) is 5.43 Å². The van der Waals surface area contributed by atoms with Gasteiger partial charge >= 0.3 is 23.9 Å². The summed E-state index contributed by atoms with van der Waals surface area (Å²) < 4.78 is 91.6. The quantitative estimate of drug-likeness (QED) is 0.506. The van der Waals surface area contributed by atoms with E-state index in [0.717, 1.165) is 11.6 Å². The largest absolute Gasteiger partial charge is 0.497 e. The van der Waals surface area contributed by atoms with Crippen molar-refractivity contribution >= 4 is 12.1 Å². The molecular weight excluding hydrogens is 337 g/mol. The molecule has 0 aromatic heterocycles. The molecule has 1 aromatic rings. The van der Waals surface area contributed by atoms with Crippen LogP contribution < -0.4 is 10.2 Å². The van der Waals surface area contributed by atoms with Gasteiger partial charge in [0.15, 0.2) is 0 Å². The van der Waals surface area contributed by atoms with Crippen LogP contribution in [0.5, 0.6) is 5.75 Å². The number of rotatable bonds is 5. The van der Waals surface area contributed by atoms with Crippen molar-refractivity contribution in [2.24, 2.45) is 5.10 Å². The maximum absolute atomic E-state index is 12.9. The fraction of sp³-hybridized carbons (Fsp3) is 0.333. The van der Waals surface area contributed by atoms with Crippen molar-refractivity contribution in [3.63, 3.8) is 0 Å². The standard InChI is InChI=1S/C12H9F7N2O2/c1-23-8-4-2-7(3-5-8)6-20-21-9(22)10(13,14)11(15,16)12(17,18)19/h2-6H,1H3,(H,21,22)/b20-6+. The average molecular weight is 346 g/mol. The number of carbonyl (C=O) groups is 1. The number of alkyl halides is 7. The molecule has 0 heterocycles. The van der Waals surface area contributed by atoms with E-state index in [1.165, 1.54) is 31.4 Å². The van der Waals surface area contributed by atoms with Crippen LogP contribution in [0.2, 0.25) is 0 Å². The SMILES string of the molecule is COc1ccc(/C=N/NC(=O)C(F)(F)C(F)(F)C(F)(F)F)cc1. The summed E-state index contributed by atoms with van der Waals surface area (Å²) >= 11 is 0. The minimum Gasteiger partial charge on any atom is -0.497 e. The van der Waals surface area contributed by atoms with Crippen LogP contribution in [0.3, 0.4) is 0 Å². The third-order valence-electron chi connectivity index (χ3n) is 2.53. The molecule has 1 N–H and O–H groups in total. The fourth-order valence-corrected chi connectivity index (χ4v) is 1.25. The van der Waals surface area contributed by atoms with E-state index in [-0.39, 0.29) is 5.56 Å². The number of hydrogen-bond donors (Lipinski definition) is 1. The highest BCUT2D eigenvalue weighted by molar-refractivity contribution is 5.86. The number of halogens is 7. The summed E-state index contributed by atoms with van der Waals surface area (Å²) in [6.45, 7) is 0. The van der Waals surface area contributed by atoms with Crippen LogP contribution in [0, 0.1) is 0 Å². The van der Waals surface area contributed by atoms with Gasteiger partial charge in [-0.3, -0.25) is 4.79 Å². The predicted octanol–water partition coefficient (Wildman–Crippen LogP) is 2.98. The zero-order valence-corrected chi connectivity index (χ0v) is 11.3. The molecule has 128 valence electrons. The van der Waals surface area contributed by atoms with Crippen molar-refractivity contribution in [2.45, 2.75) is 18.0 Å². The van der Waals surface area contributed by atoms with E-state index in [0.29, 0.717) is 5.75 Å². The first-order valence-electron chi connectivity index (χ1n) is 5.73. The topological polar surface area (TPSA) is 50.7 Å². The van der Waals surface area contributed by atoms with Crippen molar-refractivity contribution in [2.75, 3.05) is 7.11 Å². The van der Waals surface area contributed by atoms with Gasteiger partial charge in [0.2, 0.25) is 0 Å². The van der Waals surface area contributed by atoms with E-state index in [1.807, 2.05) is 0 Å². The molecule has 1 aromatic carbocycles. The van der Waals surface area contributed by atoms with Crippen molar-refractivity contribution in [3.05, 3.63) is 29.8 Å². The third-order valence-corrected chi connectivity index (χ3v) is 2.53. The second-order valence-corrected chi connectivity index (χ2v) is 4.12. The smallest absolute Gasteiger partial charge is 0.460 e. The van der Waals surface area contributed by atoms with Gasteiger partial charge in [-0.15, -0.1) is 0 Å². The fourth-order valence-electron chi connectivity index (χ4n) is 1.25. The van der Waals surface area contributed by atoms with Crippen molar-refractivity contribution in [3.8, 4) is 5.75 Å². The Morgan fingerprint density at radius 1 is 1.09 bits per heavy atom. The number of hydrazone groups is 1. The zero-order valence-electron chi connectivity index (χ0n) is 11.3. The average Bonchev–Trinajstić information content (AvgIpc) is 2.46. The van der Waals surface area contributed by atoms with Crippen LogP contribution in [0.1, 0.15) is 5.56 Å². The lowest BCUT2D eigenvalue weighted by molar-refractivity contribution is -0.344. The lowest BCUT2D eigenvalue weighted by Gasteiger charge is -2.26. The number of benzene rings is 1. The van der Waals surface area contributed by atoms with Crippen LogP contribution in [0.4, 0.5) is 30.7 Å². The predicted molar refractivity (Wildman–Crippen MR) is 64.7 cm³/mol. The van der Waals surface area contributed by atoms with E-state index in [4.69, 9.17) is 4.74 Å². The van der Waals surface area contributed by atoms with E-state index in [1.54, 1.807) is 0 Å². The highest BCUT2D eigenvalue weighted by Gasteiger charge is 2.76. The maximum Gasteiger partial charge on any atom is 0.460 e. The molecular formula is C12H9F7N2O2. The maximum atomic E-state index is 12.9. The lowest BCUT2D eigenvalue weighted by atomic mass is 10.1. The Morgan fingerprint density at radius 2 is 1.61 bits per heavy atom. The van der Waals surface area contributed by atoms with E-state index in [9.17, 15) is 35.5 Å². The minimum absolute atomic E-state index is 0.247. The second kappa shape index (κ2) is 6.42. The molecule has 1 rings (SSSR count). The number of hydrogen-bond acceptors (Lipinski definition) is 3. The number of ether oxygens (including phenoxy) is 1. The van der Waals surface area contributed by atoms with Gasteiger partial charge in [0, 0.05) is 0 Å². The Kier molecular flexibility index (Phi) is 5.23. The molecule has 0 aliphatic carbocycles. The van der Waals surface area contributed by atoms with Crippen LogP contribution in [-0.2, 0) is 4.79 Å². The van der Waals surface area contributed by atoms with Crippen molar-refractivity contribution in [1.29, 1.82) is 0 Å². The molecule has 0 aliphatic heterocycles. The van der Waals surface area contributed by atoms with Crippen LogP contribution in [0.25, 0.3) is 0 Å². The van der Waals surface area contributed by atoms with Crippen molar-refractivity contribution < 1.29 is 40.3 Å². The number of carbonyl (C=O) groups excluding carboxylic acids is 1. The molecule has 1 amide bonds. The molecule has 0 aliphatic rings. The van der Waals surface area contributed by atoms with Gasteiger partial charge < -0.3 is 4.74 Å². The first kappa shape index (κ1) is 18.7. The summed E-state index contributed by atoms with van der Waals surface area (Å²) in [5.74, 6) is -15.0. The van der Waals surface area contributed by atoms with E-state index < -0.39 is 23.9 Å². The third kappa shape index (κ3) is 3.90. The molecule has 0 spiro atoms. The first-order valence-corrected chi connectivity index (χ1v) is 5.73. The second-order valence-electron chi connectivity index (χ2n) is 4.12. The lowest BCUT2D eigenvalue weighted by Crippen LogP contribution is -2.58. The molecule has 0 unspecified atom stereocenters. The normalized spacial score (nSPS) is 13.2. The Balaban J connectivity index is 2.80. The number of nitrogens with zero attached hydrogens (tertiary/aromatic N) is 1. The van der Waals surface area contributed by atoms with Gasteiger partial charge in [-0.2, -0.15) is 35.8 Å².